The molecule has 0 saturated heterocycles. The summed E-state index contributed by atoms with van der Waals surface area (Å²) in [5.74, 6) is 0. The normalized spacial score (nSPS) is 18.1. The van der Waals surface area contributed by atoms with Crippen molar-refractivity contribution in [1.29, 1.82) is 0 Å². The summed E-state index contributed by atoms with van der Waals surface area (Å²) in [6.07, 6.45) is 2.62. The smallest absolute Gasteiger partial charge is 0.107 e. The van der Waals surface area contributed by atoms with Gasteiger partial charge >= 0.3 is 0 Å². The topological polar surface area (TPSA) is 29.3 Å². The van der Waals surface area contributed by atoms with E-state index in [2.05, 4.69) is 33.8 Å². The minimum atomic E-state index is 0.325. The predicted molar refractivity (Wildman–Crippen MR) is 74.2 cm³/mol. The molecular formula is C11H16BrClN2S. The Morgan fingerprint density at radius 2 is 2.38 bits per heavy atom. The van der Waals surface area contributed by atoms with E-state index in [0.29, 0.717) is 12.6 Å². The van der Waals surface area contributed by atoms with E-state index < -0.39 is 0 Å². The summed E-state index contributed by atoms with van der Waals surface area (Å²) in [6.45, 7) is 3.92. The molecule has 16 heavy (non-hydrogen) atoms. The van der Waals surface area contributed by atoms with Crippen LogP contribution in [0.4, 0.5) is 0 Å². The van der Waals surface area contributed by atoms with Crippen molar-refractivity contribution in [2.45, 2.75) is 31.8 Å². The van der Waals surface area contributed by atoms with Crippen LogP contribution in [0.15, 0.2) is 10.5 Å². The summed E-state index contributed by atoms with van der Waals surface area (Å²) in [5.41, 5.74) is 5.91. The van der Waals surface area contributed by atoms with Crippen molar-refractivity contribution in [2.75, 3.05) is 13.1 Å². The van der Waals surface area contributed by atoms with E-state index in [4.69, 9.17) is 17.3 Å². The predicted octanol–water partition coefficient (Wildman–Crippen LogP) is 3.65. The van der Waals surface area contributed by atoms with Crippen LogP contribution in [0.5, 0.6) is 0 Å². The van der Waals surface area contributed by atoms with E-state index in [1.165, 1.54) is 17.7 Å². The lowest BCUT2D eigenvalue weighted by molar-refractivity contribution is 0.205. The Morgan fingerprint density at radius 3 is 2.75 bits per heavy atom. The molecule has 1 aliphatic carbocycles. The molecule has 0 bridgehead atoms. The lowest BCUT2D eigenvalue weighted by atomic mass is 10.2. The van der Waals surface area contributed by atoms with E-state index in [1.54, 1.807) is 11.3 Å². The van der Waals surface area contributed by atoms with Gasteiger partial charge in [-0.3, -0.25) is 4.90 Å². The zero-order valence-corrected chi connectivity index (χ0v) is 12.4. The molecule has 0 amide bonds. The lowest BCUT2D eigenvalue weighted by Crippen LogP contribution is -2.34. The fourth-order valence-electron chi connectivity index (χ4n) is 2.08. The van der Waals surface area contributed by atoms with Gasteiger partial charge in [0.1, 0.15) is 4.34 Å². The Kier molecular flexibility index (Phi) is 4.30. The SMILES string of the molecule is CCN(C1CC1)C(CN)c1cc(Br)c(Cl)s1. The number of likely N-dealkylation sites (N-methyl/N-ethyl adjacent to an activating group) is 1. The average Bonchev–Trinajstić information content (AvgIpc) is 3.03. The van der Waals surface area contributed by atoms with Crippen molar-refractivity contribution < 1.29 is 0 Å². The molecule has 2 rings (SSSR count). The molecule has 5 heteroatoms. The van der Waals surface area contributed by atoms with Gasteiger partial charge in [-0.25, -0.2) is 0 Å². The molecule has 1 unspecified atom stereocenters. The molecule has 0 aromatic carbocycles. The standard InChI is InChI=1S/C11H16BrClN2S/c1-2-15(7-3-4-7)9(6-14)10-5-8(12)11(13)16-10/h5,7,9H,2-4,6,14H2,1H3. The Bertz CT molecular complexity index is 345. The van der Waals surface area contributed by atoms with Crippen LogP contribution in [0.1, 0.15) is 30.7 Å². The van der Waals surface area contributed by atoms with Gasteiger partial charge in [0.2, 0.25) is 0 Å². The summed E-state index contributed by atoms with van der Waals surface area (Å²) >= 11 is 11.2. The summed E-state index contributed by atoms with van der Waals surface area (Å²) in [4.78, 5) is 3.77. The quantitative estimate of drug-likeness (QED) is 0.896. The van der Waals surface area contributed by atoms with Crippen LogP contribution in [0.2, 0.25) is 4.34 Å². The number of halogens is 2. The van der Waals surface area contributed by atoms with E-state index in [-0.39, 0.29) is 0 Å². The summed E-state index contributed by atoms with van der Waals surface area (Å²) < 4.78 is 1.81. The molecule has 1 fully saturated rings. The molecule has 0 spiro atoms. The summed E-state index contributed by atoms with van der Waals surface area (Å²) in [5, 5.41) is 0. The first-order valence-corrected chi connectivity index (χ1v) is 7.56. The van der Waals surface area contributed by atoms with Gasteiger partial charge in [-0.2, -0.15) is 0 Å². The fraction of sp³-hybridized carbons (Fsp3) is 0.636. The van der Waals surface area contributed by atoms with Gasteiger partial charge < -0.3 is 5.73 Å². The first-order valence-electron chi connectivity index (χ1n) is 5.57. The molecule has 1 atom stereocenters. The maximum Gasteiger partial charge on any atom is 0.107 e. The second kappa shape index (κ2) is 5.36. The highest BCUT2D eigenvalue weighted by atomic mass is 79.9. The molecule has 1 aromatic heterocycles. The van der Waals surface area contributed by atoms with Crippen molar-refractivity contribution in [2.24, 2.45) is 5.73 Å². The van der Waals surface area contributed by atoms with Crippen molar-refractivity contribution >= 4 is 38.9 Å². The van der Waals surface area contributed by atoms with Gasteiger partial charge in [0, 0.05) is 21.9 Å². The molecule has 2 nitrogen and oxygen atoms in total. The number of nitrogens with two attached hydrogens (primary N) is 1. The first-order chi connectivity index (χ1) is 7.67. The molecule has 0 aliphatic heterocycles. The van der Waals surface area contributed by atoms with Crippen molar-refractivity contribution in [1.82, 2.24) is 4.90 Å². The van der Waals surface area contributed by atoms with Crippen LogP contribution in [-0.4, -0.2) is 24.0 Å². The third kappa shape index (κ3) is 2.62. The lowest BCUT2D eigenvalue weighted by Gasteiger charge is -2.28. The number of rotatable bonds is 5. The maximum atomic E-state index is 6.09. The first kappa shape index (κ1) is 12.8. The van der Waals surface area contributed by atoms with Crippen molar-refractivity contribution in [3.05, 3.63) is 19.8 Å². The minimum absolute atomic E-state index is 0.325. The Morgan fingerprint density at radius 1 is 1.69 bits per heavy atom. The van der Waals surface area contributed by atoms with Gasteiger partial charge in [-0.15, -0.1) is 11.3 Å². The largest absolute Gasteiger partial charge is 0.329 e. The molecule has 0 radical (unpaired) electrons. The molecule has 90 valence electrons. The Labute approximate surface area is 114 Å². The highest BCUT2D eigenvalue weighted by molar-refractivity contribution is 9.10. The average molecular weight is 324 g/mol. The zero-order valence-electron chi connectivity index (χ0n) is 9.25. The molecule has 1 heterocycles. The second-order valence-electron chi connectivity index (χ2n) is 4.08. The van der Waals surface area contributed by atoms with Crippen LogP contribution in [0, 0.1) is 0 Å². The van der Waals surface area contributed by atoms with Gasteiger partial charge in [0.25, 0.3) is 0 Å². The number of hydrogen-bond donors (Lipinski definition) is 1. The van der Waals surface area contributed by atoms with Crippen LogP contribution in [-0.2, 0) is 0 Å². The summed E-state index contributed by atoms with van der Waals surface area (Å²) in [7, 11) is 0. The Hall–Kier alpha value is 0.390. The van der Waals surface area contributed by atoms with E-state index in [0.717, 1.165) is 21.4 Å². The second-order valence-corrected chi connectivity index (χ2v) is 6.62. The van der Waals surface area contributed by atoms with Crippen molar-refractivity contribution in [3.8, 4) is 0 Å². The molecular weight excluding hydrogens is 308 g/mol. The van der Waals surface area contributed by atoms with Gasteiger partial charge in [0.05, 0.1) is 6.04 Å². The molecule has 1 aliphatic rings. The number of hydrogen-bond acceptors (Lipinski definition) is 3. The zero-order chi connectivity index (χ0) is 11.7. The third-order valence-electron chi connectivity index (χ3n) is 3.00. The van der Waals surface area contributed by atoms with Gasteiger partial charge in [-0.05, 0) is 41.4 Å². The van der Waals surface area contributed by atoms with E-state index in [1.807, 2.05) is 0 Å². The molecule has 1 aromatic rings. The number of thiophene rings is 1. The maximum absolute atomic E-state index is 6.09. The van der Waals surface area contributed by atoms with E-state index >= 15 is 0 Å². The van der Waals surface area contributed by atoms with Crippen LogP contribution in [0.3, 0.4) is 0 Å². The Balaban J connectivity index is 2.20. The van der Waals surface area contributed by atoms with E-state index in [9.17, 15) is 0 Å². The molecule has 2 N–H and O–H groups in total. The molecule has 1 saturated carbocycles. The van der Waals surface area contributed by atoms with Gasteiger partial charge in [-0.1, -0.05) is 18.5 Å². The third-order valence-corrected chi connectivity index (χ3v) is 5.57. The summed E-state index contributed by atoms with van der Waals surface area (Å²) in [6, 6.07) is 3.17. The van der Waals surface area contributed by atoms with Gasteiger partial charge in [0.15, 0.2) is 0 Å². The fourth-order valence-corrected chi connectivity index (χ4v) is 3.95. The highest BCUT2D eigenvalue weighted by Gasteiger charge is 2.33. The highest BCUT2D eigenvalue weighted by Crippen LogP contribution is 2.40. The number of nitrogens with zero attached hydrogens (tertiary/aromatic N) is 1. The monoisotopic (exact) mass is 322 g/mol. The van der Waals surface area contributed by atoms with Crippen LogP contribution in [0.25, 0.3) is 0 Å². The van der Waals surface area contributed by atoms with Crippen LogP contribution >= 0.6 is 38.9 Å². The minimum Gasteiger partial charge on any atom is -0.329 e. The van der Waals surface area contributed by atoms with Crippen molar-refractivity contribution in [3.63, 3.8) is 0 Å². The van der Waals surface area contributed by atoms with Crippen LogP contribution < -0.4 is 5.73 Å².